The molecule has 0 atom stereocenters. The zero-order valence-electron chi connectivity index (χ0n) is 16.4. The molecule has 1 aromatic heterocycles. The zero-order valence-corrected chi connectivity index (χ0v) is 17.2. The summed E-state index contributed by atoms with van der Waals surface area (Å²) in [4.78, 5) is 29.5. The van der Waals surface area contributed by atoms with E-state index in [-0.39, 0.29) is 11.5 Å². The molecule has 3 rings (SSSR count). The van der Waals surface area contributed by atoms with Crippen LogP contribution in [0.2, 0.25) is 0 Å². The number of hydrogen-bond acceptors (Lipinski definition) is 5. The van der Waals surface area contributed by atoms with Gasteiger partial charge in [-0.1, -0.05) is 30.0 Å². The highest BCUT2D eigenvalue weighted by molar-refractivity contribution is 7.99. The van der Waals surface area contributed by atoms with Crippen molar-refractivity contribution in [2.45, 2.75) is 38.8 Å². The number of rotatable bonds is 7. The minimum atomic E-state index is -0.193. The molecular weight excluding hydrogens is 372 g/mol. The number of ether oxygens (including phenoxy) is 1. The first-order chi connectivity index (χ1) is 13.5. The molecule has 0 saturated carbocycles. The summed E-state index contributed by atoms with van der Waals surface area (Å²) < 4.78 is 6.64. The number of carbonyl (C=O) groups is 1. The molecule has 0 spiro atoms. The van der Waals surface area contributed by atoms with E-state index in [4.69, 9.17) is 9.72 Å². The fourth-order valence-corrected chi connectivity index (χ4v) is 3.87. The van der Waals surface area contributed by atoms with Crippen molar-refractivity contribution in [3.63, 3.8) is 0 Å². The van der Waals surface area contributed by atoms with Crippen molar-refractivity contribution in [1.29, 1.82) is 0 Å². The number of aromatic nitrogens is 2. The van der Waals surface area contributed by atoms with Crippen LogP contribution in [0.25, 0.3) is 16.6 Å². The molecule has 1 heterocycles. The number of carbonyl (C=O) groups excluding carboxylic acids is 1. The van der Waals surface area contributed by atoms with Gasteiger partial charge < -0.3 is 4.74 Å². The highest BCUT2D eigenvalue weighted by Crippen LogP contribution is 2.23. The number of esters is 1. The molecule has 0 saturated heterocycles. The Morgan fingerprint density at radius 2 is 1.93 bits per heavy atom. The molecule has 6 heteroatoms. The van der Waals surface area contributed by atoms with Crippen LogP contribution < -0.4 is 5.56 Å². The van der Waals surface area contributed by atoms with Crippen LogP contribution in [-0.4, -0.2) is 27.9 Å². The van der Waals surface area contributed by atoms with Crippen LogP contribution in [0.15, 0.2) is 52.4 Å². The van der Waals surface area contributed by atoms with Crippen LogP contribution in [0, 0.1) is 13.8 Å². The lowest BCUT2D eigenvalue weighted by molar-refractivity contribution is -0.143. The van der Waals surface area contributed by atoms with Gasteiger partial charge in [-0.3, -0.25) is 14.2 Å². The van der Waals surface area contributed by atoms with Gasteiger partial charge in [0.25, 0.3) is 5.56 Å². The molecule has 5 nitrogen and oxygen atoms in total. The van der Waals surface area contributed by atoms with E-state index in [9.17, 15) is 9.59 Å². The lowest BCUT2D eigenvalue weighted by Gasteiger charge is -2.14. The van der Waals surface area contributed by atoms with Crippen molar-refractivity contribution in [2.75, 3.05) is 12.4 Å². The summed E-state index contributed by atoms with van der Waals surface area (Å²) in [5.74, 6) is 0.482. The van der Waals surface area contributed by atoms with Gasteiger partial charge in [-0.2, -0.15) is 0 Å². The van der Waals surface area contributed by atoms with Gasteiger partial charge in [0.2, 0.25) is 0 Å². The van der Waals surface area contributed by atoms with E-state index in [0.717, 1.165) is 11.3 Å². The Bertz CT molecular complexity index is 1060. The number of aryl methyl sites for hydroxylation is 2. The minimum absolute atomic E-state index is 0.0817. The standard InChI is InChI=1S/C22H24N2O3S/c1-4-27-20(25)10-7-13-28-22-23-19-9-6-5-8-18(19)21(26)24(22)17-12-11-15(2)16(3)14-17/h5-6,8-9,11-12,14H,4,7,10,13H2,1-3H3. The van der Waals surface area contributed by atoms with E-state index in [0.29, 0.717) is 41.3 Å². The van der Waals surface area contributed by atoms with Crippen molar-refractivity contribution in [3.8, 4) is 5.69 Å². The van der Waals surface area contributed by atoms with Gasteiger partial charge in [0, 0.05) is 12.2 Å². The normalized spacial score (nSPS) is 11.0. The van der Waals surface area contributed by atoms with Gasteiger partial charge in [-0.25, -0.2) is 4.98 Å². The number of fused-ring (bicyclic) bond motifs is 1. The number of para-hydroxylation sites is 1. The third-order valence-electron chi connectivity index (χ3n) is 4.56. The van der Waals surface area contributed by atoms with Crippen LogP contribution >= 0.6 is 11.8 Å². The second kappa shape index (κ2) is 9.06. The molecular formula is C22H24N2O3S. The Morgan fingerprint density at radius 3 is 2.68 bits per heavy atom. The van der Waals surface area contributed by atoms with E-state index < -0.39 is 0 Å². The average molecular weight is 397 g/mol. The predicted molar refractivity (Wildman–Crippen MR) is 113 cm³/mol. The molecule has 0 amide bonds. The Morgan fingerprint density at radius 1 is 1.14 bits per heavy atom. The monoisotopic (exact) mass is 396 g/mol. The quantitative estimate of drug-likeness (QED) is 0.256. The maximum absolute atomic E-state index is 13.2. The molecule has 0 unspecified atom stereocenters. The van der Waals surface area contributed by atoms with E-state index in [1.54, 1.807) is 17.6 Å². The number of hydrogen-bond donors (Lipinski definition) is 0. The van der Waals surface area contributed by atoms with Crippen LogP contribution in [0.5, 0.6) is 0 Å². The molecule has 0 N–H and O–H groups in total. The van der Waals surface area contributed by atoms with Crippen LogP contribution in [-0.2, 0) is 9.53 Å². The summed E-state index contributed by atoms with van der Waals surface area (Å²) in [5, 5.41) is 1.23. The van der Waals surface area contributed by atoms with Gasteiger partial charge in [0.05, 0.1) is 23.2 Å². The van der Waals surface area contributed by atoms with Gasteiger partial charge >= 0.3 is 5.97 Å². The summed E-state index contributed by atoms with van der Waals surface area (Å²) >= 11 is 1.49. The molecule has 0 bridgehead atoms. The fourth-order valence-electron chi connectivity index (χ4n) is 2.91. The van der Waals surface area contributed by atoms with E-state index in [1.165, 1.54) is 17.3 Å². The molecule has 146 valence electrons. The molecule has 2 aromatic carbocycles. The van der Waals surface area contributed by atoms with Crippen molar-refractivity contribution in [1.82, 2.24) is 9.55 Å². The summed E-state index contributed by atoms with van der Waals surface area (Å²) in [6.45, 7) is 6.27. The first-order valence-electron chi connectivity index (χ1n) is 9.39. The number of nitrogens with zero attached hydrogens (tertiary/aromatic N) is 2. The first kappa shape index (κ1) is 20.1. The highest BCUT2D eigenvalue weighted by Gasteiger charge is 2.14. The SMILES string of the molecule is CCOC(=O)CCCSc1nc2ccccc2c(=O)n1-c1ccc(C)c(C)c1. The third kappa shape index (κ3) is 4.44. The minimum Gasteiger partial charge on any atom is -0.466 e. The second-order valence-electron chi connectivity index (χ2n) is 6.58. The predicted octanol–water partition coefficient (Wildman–Crippen LogP) is 4.44. The van der Waals surface area contributed by atoms with Gasteiger partial charge in [-0.05, 0) is 62.6 Å². The van der Waals surface area contributed by atoms with E-state index >= 15 is 0 Å². The molecule has 0 aliphatic carbocycles. The van der Waals surface area contributed by atoms with Gasteiger partial charge in [0.1, 0.15) is 0 Å². The number of benzene rings is 2. The summed E-state index contributed by atoms with van der Waals surface area (Å²) in [6.07, 6.45) is 1.03. The molecule has 0 fully saturated rings. The third-order valence-corrected chi connectivity index (χ3v) is 5.58. The second-order valence-corrected chi connectivity index (χ2v) is 7.64. The average Bonchev–Trinajstić information content (AvgIpc) is 2.68. The first-order valence-corrected chi connectivity index (χ1v) is 10.4. The summed E-state index contributed by atoms with van der Waals surface area (Å²) in [5.41, 5.74) is 3.70. The summed E-state index contributed by atoms with van der Waals surface area (Å²) in [6, 6.07) is 13.4. The van der Waals surface area contributed by atoms with Crippen molar-refractivity contribution in [2.24, 2.45) is 0 Å². The van der Waals surface area contributed by atoms with Crippen molar-refractivity contribution >= 4 is 28.6 Å². The maximum atomic E-state index is 13.2. The zero-order chi connectivity index (χ0) is 20.1. The maximum Gasteiger partial charge on any atom is 0.305 e. The van der Waals surface area contributed by atoms with Crippen molar-refractivity contribution in [3.05, 3.63) is 63.9 Å². The Balaban J connectivity index is 1.96. The fraction of sp³-hybridized carbons (Fsp3) is 0.318. The Kier molecular flexibility index (Phi) is 6.52. The van der Waals surface area contributed by atoms with Crippen LogP contribution in [0.4, 0.5) is 0 Å². The lowest BCUT2D eigenvalue weighted by Crippen LogP contribution is -2.22. The Labute approximate surface area is 168 Å². The molecule has 3 aromatic rings. The molecule has 0 aliphatic rings. The molecule has 28 heavy (non-hydrogen) atoms. The number of thioether (sulfide) groups is 1. The lowest BCUT2D eigenvalue weighted by atomic mass is 10.1. The Hall–Kier alpha value is -2.60. The molecule has 0 radical (unpaired) electrons. The van der Waals surface area contributed by atoms with Crippen molar-refractivity contribution < 1.29 is 9.53 Å². The van der Waals surface area contributed by atoms with Gasteiger partial charge in [0.15, 0.2) is 5.16 Å². The molecule has 0 aliphatic heterocycles. The topological polar surface area (TPSA) is 61.2 Å². The van der Waals surface area contributed by atoms with E-state index in [2.05, 4.69) is 0 Å². The summed E-state index contributed by atoms with van der Waals surface area (Å²) in [7, 11) is 0. The van der Waals surface area contributed by atoms with E-state index in [1.807, 2.05) is 50.2 Å². The largest absolute Gasteiger partial charge is 0.466 e. The highest BCUT2D eigenvalue weighted by atomic mass is 32.2. The smallest absolute Gasteiger partial charge is 0.305 e. The van der Waals surface area contributed by atoms with Crippen LogP contribution in [0.3, 0.4) is 0 Å². The van der Waals surface area contributed by atoms with Gasteiger partial charge in [-0.15, -0.1) is 0 Å². The van der Waals surface area contributed by atoms with Crippen LogP contribution in [0.1, 0.15) is 30.9 Å².